The van der Waals surface area contributed by atoms with Gasteiger partial charge in [0.15, 0.2) is 5.58 Å². The number of nitrogens with two attached hydrogens (primary N) is 2. The summed E-state index contributed by atoms with van der Waals surface area (Å²) in [4.78, 5) is 58.0. The lowest BCUT2D eigenvalue weighted by Crippen LogP contribution is -2.50. The standard InChI is InChI=1S/C31H29F3N4O4.C24H18ClN3O4.C6H13NO.CH4/c1-30(2)18-38(11-12-41-30)29(40)21-7-5-20(6-8-21)22-13-23-14-24(42-28(23)25(15-22)31(32,33)34)17-37-27(39)10-4-19-3-9-26(35)36-16-19;25-20-11-17(15-3-5-16(6-4-15)24(30)31)9-18-10-19(32-23(18)20)13-28-22(29)8-2-14-1-7-21(26)27-12-14;1-6(2)5-7-3-4-8-6;/h3-10,13-16H,11-12,17-18H2,1-2H3,(H2,35,36)(H,37,39);1-12H,13H2,(H2,26,27)(H,28,29)(H,30,31);7H,3-5H2,1-2H3;1H4/b10-4+;8-2+;;. The Bertz CT molecular complexity index is 3630. The number of carbonyl (C=O) groups excluding carboxylic acids is 3. The number of morpholine rings is 2. The number of furan rings is 2. The molecule has 8 N–H and O–H groups in total. The van der Waals surface area contributed by atoms with Gasteiger partial charge in [0.1, 0.15) is 28.7 Å². The van der Waals surface area contributed by atoms with Crippen LogP contribution < -0.4 is 27.4 Å². The van der Waals surface area contributed by atoms with Crippen molar-refractivity contribution in [3.05, 3.63) is 178 Å². The molecule has 0 aliphatic carbocycles. The number of hydrogen-bond donors (Lipinski definition) is 6. The van der Waals surface area contributed by atoms with Gasteiger partial charge in [0.25, 0.3) is 5.91 Å². The number of hydrogen-bond acceptors (Lipinski definition) is 13. The van der Waals surface area contributed by atoms with Gasteiger partial charge < -0.3 is 55.7 Å². The van der Waals surface area contributed by atoms with Crippen LogP contribution in [0.5, 0.6) is 0 Å². The molecule has 2 saturated heterocycles. The van der Waals surface area contributed by atoms with Gasteiger partial charge in [-0.2, -0.15) is 13.2 Å². The average molecular weight is 1160 g/mol. The van der Waals surface area contributed by atoms with Gasteiger partial charge in [0.2, 0.25) is 11.8 Å². The molecule has 0 bridgehead atoms. The smallest absolute Gasteiger partial charge is 0.420 e. The number of amides is 3. The molecule has 434 valence electrons. The van der Waals surface area contributed by atoms with Crippen LogP contribution in [0.15, 0.2) is 143 Å². The van der Waals surface area contributed by atoms with Crippen LogP contribution in [0, 0.1) is 0 Å². The number of nitrogen functional groups attached to an aromatic ring is 2. The van der Waals surface area contributed by atoms with E-state index in [1.54, 1.807) is 102 Å². The highest BCUT2D eigenvalue weighted by molar-refractivity contribution is 6.35. The highest BCUT2D eigenvalue weighted by Gasteiger charge is 2.36. The fourth-order valence-corrected chi connectivity index (χ4v) is 9.02. The molecule has 0 unspecified atom stereocenters. The second-order valence-electron chi connectivity index (χ2n) is 20.5. The first kappa shape index (κ1) is 61.8. The molecular weight excluding hydrogens is 1090 g/mol. The molecule has 2 aliphatic heterocycles. The van der Waals surface area contributed by atoms with Gasteiger partial charge in [0, 0.05) is 67.1 Å². The number of ether oxygens (including phenoxy) is 2. The van der Waals surface area contributed by atoms with Gasteiger partial charge >= 0.3 is 12.1 Å². The molecule has 4 aromatic carbocycles. The zero-order valence-corrected chi connectivity index (χ0v) is 46.0. The maximum Gasteiger partial charge on any atom is 0.420 e. The number of carboxylic acids is 1. The molecule has 4 aromatic heterocycles. The average Bonchev–Trinajstić information content (AvgIpc) is 4.31. The summed E-state index contributed by atoms with van der Waals surface area (Å²) in [7, 11) is 0. The van der Waals surface area contributed by atoms with Crippen LogP contribution in [0.25, 0.3) is 56.3 Å². The van der Waals surface area contributed by atoms with Crippen LogP contribution >= 0.6 is 11.6 Å². The summed E-state index contributed by atoms with van der Waals surface area (Å²) in [6, 6.07) is 29.3. The van der Waals surface area contributed by atoms with Gasteiger partial charge in [-0.1, -0.05) is 43.3 Å². The number of rotatable bonds is 12. The Kier molecular flexibility index (Phi) is 20.0. The van der Waals surface area contributed by atoms with Crippen molar-refractivity contribution in [2.24, 2.45) is 0 Å². The fourth-order valence-electron chi connectivity index (χ4n) is 8.75. The highest BCUT2D eigenvalue weighted by atomic mass is 35.5. The van der Waals surface area contributed by atoms with Crippen LogP contribution in [0.1, 0.15) is 84.0 Å². The van der Waals surface area contributed by atoms with Crippen molar-refractivity contribution < 1.29 is 55.8 Å². The largest absolute Gasteiger partial charge is 0.478 e. The molecule has 6 heterocycles. The second kappa shape index (κ2) is 26.8. The van der Waals surface area contributed by atoms with Crippen molar-refractivity contribution in [3.63, 3.8) is 0 Å². The predicted octanol–water partition coefficient (Wildman–Crippen LogP) is 11.5. The number of benzene rings is 4. The molecule has 0 saturated carbocycles. The SMILES string of the molecule is C.CC1(C)CN(C(=O)c2ccc(-c3cc(C(F)(F)F)c4oc(CNC(=O)/C=C/c5ccc(N)nc5)cc4c3)cc2)CCO1.CC1(C)CNCCO1.Nc1ccc(/C=C/C(=O)NCc2cc3cc(-c4ccc(C(=O)O)cc4)cc(Cl)c3o2)cn1. The third-order valence-corrected chi connectivity index (χ3v) is 13.2. The first-order valence-electron chi connectivity index (χ1n) is 25.9. The summed E-state index contributed by atoms with van der Waals surface area (Å²) in [6.45, 7) is 12.3. The minimum atomic E-state index is -4.68. The van der Waals surface area contributed by atoms with E-state index in [4.69, 9.17) is 46.5 Å². The van der Waals surface area contributed by atoms with Crippen LogP contribution in [-0.2, 0) is 38.3 Å². The monoisotopic (exact) mass is 1160 g/mol. The van der Waals surface area contributed by atoms with E-state index in [1.807, 2.05) is 26.0 Å². The van der Waals surface area contributed by atoms with E-state index < -0.39 is 29.2 Å². The zero-order chi connectivity index (χ0) is 58.8. The number of alkyl halides is 3. The molecular formula is C62H64ClF3N8O9. The zero-order valence-electron chi connectivity index (χ0n) is 45.2. The molecule has 17 nitrogen and oxygen atoms in total. The quantitative estimate of drug-likeness (QED) is 0.0623. The van der Waals surface area contributed by atoms with Crippen LogP contribution in [0.3, 0.4) is 0 Å². The van der Waals surface area contributed by atoms with Crippen LogP contribution in [0.2, 0.25) is 5.02 Å². The molecule has 0 spiro atoms. The molecule has 21 heteroatoms. The number of nitrogens with one attached hydrogen (secondary N) is 3. The van der Waals surface area contributed by atoms with Crippen molar-refractivity contribution in [2.45, 2.75) is 65.6 Å². The lowest BCUT2D eigenvalue weighted by atomic mass is 9.99. The first-order valence-corrected chi connectivity index (χ1v) is 26.3. The van der Waals surface area contributed by atoms with E-state index >= 15 is 0 Å². The van der Waals surface area contributed by atoms with Crippen molar-refractivity contribution in [3.8, 4) is 22.3 Å². The van der Waals surface area contributed by atoms with Crippen LogP contribution in [-0.4, -0.2) is 94.3 Å². The van der Waals surface area contributed by atoms with E-state index in [1.165, 1.54) is 30.5 Å². The van der Waals surface area contributed by atoms with Gasteiger partial charge in [-0.05, 0) is 158 Å². The van der Waals surface area contributed by atoms with E-state index in [-0.39, 0.29) is 60.2 Å². The summed E-state index contributed by atoms with van der Waals surface area (Å²) in [5.74, 6) is -0.406. The number of carboxylic acid groups (broad SMARTS) is 1. The maximum absolute atomic E-state index is 14.0. The van der Waals surface area contributed by atoms with Gasteiger partial charge in [-0.25, -0.2) is 14.8 Å². The summed E-state index contributed by atoms with van der Waals surface area (Å²) < 4.78 is 64.5. The molecule has 10 rings (SSSR count). The topological polar surface area (TPSA) is 250 Å². The lowest BCUT2D eigenvalue weighted by Gasteiger charge is -2.38. The molecule has 83 heavy (non-hydrogen) atoms. The van der Waals surface area contributed by atoms with E-state index in [0.29, 0.717) is 70.0 Å². The number of nitrogens with zero attached hydrogens (tertiary/aromatic N) is 3. The Morgan fingerprint density at radius 1 is 0.687 bits per heavy atom. The summed E-state index contributed by atoms with van der Waals surface area (Å²) in [5, 5.41) is 19.1. The van der Waals surface area contributed by atoms with Crippen molar-refractivity contribution in [1.82, 2.24) is 30.8 Å². The molecule has 3 amide bonds. The maximum atomic E-state index is 14.0. The van der Waals surface area contributed by atoms with E-state index in [9.17, 15) is 32.3 Å². The summed E-state index contributed by atoms with van der Waals surface area (Å²) in [5.41, 5.74) is 14.5. The minimum absolute atomic E-state index is 0. The van der Waals surface area contributed by atoms with E-state index in [2.05, 4.69) is 39.8 Å². The predicted molar refractivity (Wildman–Crippen MR) is 315 cm³/mol. The molecule has 2 fully saturated rings. The van der Waals surface area contributed by atoms with Crippen molar-refractivity contribution in [2.75, 3.05) is 50.9 Å². The number of anilines is 2. The third kappa shape index (κ3) is 17.1. The van der Waals surface area contributed by atoms with Gasteiger partial charge in [-0.15, -0.1) is 0 Å². The summed E-state index contributed by atoms with van der Waals surface area (Å²) in [6.07, 6.45) is 4.26. The Morgan fingerprint density at radius 2 is 1.19 bits per heavy atom. The van der Waals surface area contributed by atoms with Crippen LogP contribution in [0.4, 0.5) is 24.8 Å². The highest BCUT2D eigenvalue weighted by Crippen LogP contribution is 2.40. The number of carbonyl (C=O) groups is 4. The van der Waals surface area contributed by atoms with E-state index in [0.717, 1.165) is 47.8 Å². The normalized spacial score (nSPS) is 14.7. The third-order valence-electron chi connectivity index (χ3n) is 12.9. The molecule has 8 aromatic rings. The van der Waals surface area contributed by atoms with Crippen molar-refractivity contribution in [1.29, 1.82) is 0 Å². The minimum Gasteiger partial charge on any atom is -0.478 e. The lowest BCUT2D eigenvalue weighted by molar-refractivity contribution is -0.136. The number of aromatic carboxylic acids is 1. The number of fused-ring (bicyclic) bond motifs is 2. The number of aromatic nitrogens is 2. The number of halogens is 4. The Hall–Kier alpha value is -8.82. The Morgan fingerprint density at radius 3 is 1.65 bits per heavy atom. The summed E-state index contributed by atoms with van der Waals surface area (Å²) >= 11 is 6.40. The van der Waals surface area contributed by atoms with Crippen molar-refractivity contribution >= 4 is 81.0 Å². The fraction of sp³-hybridized carbons (Fsp3) is 0.258. The Balaban J connectivity index is 0.000000213. The molecule has 2 aliphatic rings. The molecule has 0 atom stereocenters. The van der Waals surface area contributed by atoms with Gasteiger partial charge in [0.05, 0.1) is 53.7 Å². The molecule has 0 radical (unpaired) electrons. The first-order chi connectivity index (χ1) is 39.0. The Labute approximate surface area is 482 Å². The number of pyridine rings is 2. The van der Waals surface area contributed by atoms with Gasteiger partial charge in [-0.3, -0.25) is 14.4 Å². The second-order valence-corrected chi connectivity index (χ2v) is 20.9.